The Hall–Kier alpha value is -2.05. The average Bonchev–Trinajstić information content (AvgIpc) is 2.90. The molecule has 2 heterocycles. The van der Waals surface area contributed by atoms with Crippen molar-refractivity contribution >= 4 is 11.9 Å². The van der Waals surface area contributed by atoms with Gasteiger partial charge in [0, 0.05) is 51.0 Å². The highest BCUT2D eigenvalue weighted by Gasteiger charge is 2.24. The van der Waals surface area contributed by atoms with E-state index >= 15 is 0 Å². The van der Waals surface area contributed by atoms with Crippen LogP contribution in [-0.4, -0.2) is 51.6 Å². The molecule has 1 aromatic rings. The summed E-state index contributed by atoms with van der Waals surface area (Å²) in [5, 5.41) is 5.87. The van der Waals surface area contributed by atoms with E-state index in [-0.39, 0.29) is 24.0 Å². The second-order valence-electron chi connectivity index (χ2n) is 5.60. The summed E-state index contributed by atoms with van der Waals surface area (Å²) in [6, 6.07) is 0.0106. The van der Waals surface area contributed by atoms with Gasteiger partial charge in [-0.2, -0.15) is 0 Å². The Morgan fingerprint density at radius 3 is 2.95 bits per heavy atom. The van der Waals surface area contributed by atoms with Gasteiger partial charge >= 0.3 is 6.03 Å². The lowest BCUT2D eigenvalue weighted by Crippen LogP contribution is -2.53. The number of likely N-dealkylation sites (tertiary alicyclic amines) is 1. The molecule has 0 spiro atoms. The number of imidazole rings is 1. The SMILES string of the molecule is CC(=O)N[C@H]1CCCN(C(=O)N[C@H](C)Cn2ccnc2)C1. The topological polar surface area (TPSA) is 79.3 Å². The molecule has 7 heteroatoms. The lowest BCUT2D eigenvalue weighted by molar-refractivity contribution is -0.119. The molecule has 1 aliphatic rings. The minimum Gasteiger partial charge on any atom is -0.352 e. The maximum atomic E-state index is 12.2. The molecular weight excluding hydrogens is 270 g/mol. The van der Waals surface area contributed by atoms with Crippen LogP contribution in [0.1, 0.15) is 26.7 Å². The molecule has 2 N–H and O–H groups in total. The number of nitrogens with one attached hydrogen (secondary N) is 2. The standard InChI is InChI=1S/C14H23N5O2/c1-11(8-18-7-5-15-10-18)16-14(21)19-6-3-4-13(9-19)17-12(2)20/h5,7,10-11,13H,3-4,6,8-9H2,1-2H3,(H,16,21)(H,17,20)/t11-,13+/m1/s1. The van der Waals surface area contributed by atoms with Crippen molar-refractivity contribution < 1.29 is 9.59 Å². The predicted molar refractivity (Wildman–Crippen MR) is 78.6 cm³/mol. The third-order valence-corrected chi connectivity index (χ3v) is 3.53. The highest BCUT2D eigenvalue weighted by molar-refractivity contribution is 5.75. The first-order chi connectivity index (χ1) is 10.0. The Labute approximate surface area is 124 Å². The van der Waals surface area contributed by atoms with Crippen LogP contribution in [0.3, 0.4) is 0 Å². The number of carbonyl (C=O) groups excluding carboxylic acids is 2. The van der Waals surface area contributed by atoms with E-state index in [1.165, 1.54) is 6.92 Å². The van der Waals surface area contributed by atoms with Gasteiger partial charge in [0.2, 0.25) is 5.91 Å². The molecule has 21 heavy (non-hydrogen) atoms. The minimum absolute atomic E-state index is 0.0212. The average molecular weight is 293 g/mol. The molecule has 0 radical (unpaired) electrons. The third kappa shape index (κ3) is 4.77. The minimum atomic E-state index is -0.0716. The second kappa shape index (κ2) is 7.10. The van der Waals surface area contributed by atoms with Crippen LogP contribution >= 0.6 is 0 Å². The van der Waals surface area contributed by atoms with Crippen molar-refractivity contribution in [3.63, 3.8) is 0 Å². The third-order valence-electron chi connectivity index (χ3n) is 3.53. The molecule has 1 aromatic heterocycles. The summed E-state index contributed by atoms with van der Waals surface area (Å²) in [5.74, 6) is -0.0456. The molecule has 2 rings (SSSR count). The first-order valence-corrected chi connectivity index (χ1v) is 7.33. The van der Waals surface area contributed by atoms with Crippen molar-refractivity contribution in [1.29, 1.82) is 0 Å². The Balaban J connectivity index is 1.80. The fourth-order valence-electron chi connectivity index (χ4n) is 2.63. The number of nitrogens with zero attached hydrogens (tertiary/aromatic N) is 3. The van der Waals surface area contributed by atoms with Gasteiger partial charge < -0.3 is 20.1 Å². The monoisotopic (exact) mass is 293 g/mol. The van der Waals surface area contributed by atoms with Crippen LogP contribution in [0.4, 0.5) is 4.79 Å². The maximum absolute atomic E-state index is 12.2. The first-order valence-electron chi connectivity index (χ1n) is 7.33. The van der Waals surface area contributed by atoms with E-state index in [0.717, 1.165) is 19.4 Å². The van der Waals surface area contributed by atoms with Crippen LogP contribution in [0.5, 0.6) is 0 Å². The molecule has 0 bridgehead atoms. The van der Waals surface area contributed by atoms with Crippen molar-refractivity contribution in [1.82, 2.24) is 25.1 Å². The molecule has 0 aromatic carbocycles. The number of aromatic nitrogens is 2. The highest BCUT2D eigenvalue weighted by atomic mass is 16.2. The zero-order valence-corrected chi connectivity index (χ0v) is 12.6. The number of hydrogen-bond acceptors (Lipinski definition) is 3. The summed E-state index contributed by atoms with van der Waals surface area (Å²) in [6.07, 6.45) is 7.16. The predicted octanol–water partition coefficient (Wildman–Crippen LogP) is 0.582. The lowest BCUT2D eigenvalue weighted by atomic mass is 10.1. The van der Waals surface area contributed by atoms with Gasteiger partial charge in [-0.1, -0.05) is 0 Å². The summed E-state index contributed by atoms with van der Waals surface area (Å²) in [5.41, 5.74) is 0. The summed E-state index contributed by atoms with van der Waals surface area (Å²) in [6.45, 7) is 5.47. The normalized spacial score (nSPS) is 19.9. The van der Waals surface area contributed by atoms with Crippen molar-refractivity contribution in [2.75, 3.05) is 13.1 Å². The number of hydrogen-bond donors (Lipinski definition) is 2. The van der Waals surface area contributed by atoms with Gasteiger partial charge in [0.1, 0.15) is 0 Å². The van der Waals surface area contributed by atoms with E-state index in [1.54, 1.807) is 17.4 Å². The summed E-state index contributed by atoms with van der Waals surface area (Å²) in [4.78, 5) is 29.1. The second-order valence-corrected chi connectivity index (χ2v) is 5.60. The van der Waals surface area contributed by atoms with Crippen LogP contribution in [0.25, 0.3) is 0 Å². The molecule has 1 aliphatic heterocycles. The maximum Gasteiger partial charge on any atom is 0.317 e. The van der Waals surface area contributed by atoms with Gasteiger partial charge in [0.05, 0.1) is 6.33 Å². The fraction of sp³-hybridized carbons (Fsp3) is 0.643. The molecule has 0 saturated carbocycles. The first kappa shape index (κ1) is 15.3. The van der Waals surface area contributed by atoms with E-state index in [0.29, 0.717) is 13.1 Å². The largest absolute Gasteiger partial charge is 0.352 e. The number of piperidine rings is 1. The zero-order chi connectivity index (χ0) is 15.2. The quantitative estimate of drug-likeness (QED) is 0.852. The smallest absolute Gasteiger partial charge is 0.317 e. The molecule has 0 unspecified atom stereocenters. The summed E-state index contributed by atoms with van der Waals surface area (Å²) >= 11 is 0. The fourth-order valence-corrected chi connectivity index (χ4v) is 2.63. The highest BCUT2D eigenvalue weighted by Crippen LogP contribution is 2.10. The molecule has 0 aliphatic carbocycles. The van der Waals surface area contributed by atoms with Gasteiger partial charge in [0.25, 0.3) is 0 Å². The van der Waals surface area contributed by atoms with Crippen molar-refractivity contribution in [3.8, 4) is 0 Å². The van der Waals surface area contributed by atoms with Crippen LogP contribution in [0, 0.1) is 0 Å². The van der Waals surface area contributed by atoms with Crippen molar-refractivity contribution in [3.05, 3.63) is 18.7 Å². The van der Waals surface area contributed by atoms with Gasteiger partial charge in [-0.3, -0.25) is 4.79 Å². The van der Waals surface area contributed by atoms with Crippen LogP contribution in [0.15, 0.2) is 18.7 Å². The Morgan fingerprint density at radius 2 is 2.29 bits per heavy atom. The molecule has 7 nitrogen and oxygen atoms in total. The Morgan fingerprint density at radius 1 is 1.48 bits per heavy atom. The number of amides is 3. The molecule has 3 amide bonds. The molecular formula is C14H23N5O2. The Bertz CT molecular complexity index is 474. The zero-order valence-electron chi connectivity index (χ0n) is 12.6. The molecule has 1 saturated heterocycles. The van der Waals surface area contributed by atoms with E-state index in [9.17, 15) is 9.59 Å². The Kier molecular flexibility index (Phi) is 5.19. The molecule has 1 fully saturated rings. The van der Waals surface area contributed by atoms with Crippen molar-refractivity contribution in [2.24, 2.45) is 0 Å². The van der Waals surface area contributed by atoms with E-state index < -0.39 is 0 Å². The summed E-state index contributed by atoms with van der Waals surface area (Å²) in [7, 11) is 0. The molecule has 2 atom stereocenters. The van der Waals surface area contributed by atoms with Crippen LogP contribution in [0.2, 0.25) is 0 Å². The van der Waals surface area contributed by atoms with E-state index in [4.69, 9.17) is 0 Å². The number of rotatable bonds is 4. The number of carbonyl (C=O) groups is 2. The van der Waals surface area contributed by atoms with Crippen LogP contribution < -0.4 is 10.6 Å². The van der Waals surface area contributed by atoms with E-state index in [1.807, 2.05) is 17.7 Å². The van der Waals surface area contributed by atoms with Gasteiger partial charge in [-0.15, -0.1) is 0 Å². The van der Waals surface area contributed by atoms with E-state index in [2.05, 4.69) is 15.6 Å². The van der Waals surface area contributed by atoms with Gasteiger partial charge in [-0.05, 0) is 19.8 Å². The van der Waals surface area contributed by atoms with Gasteiger partial charge in [-0.25, -0.2) is 9.78 Å². The van der Waals surface area contributed by atoms with Gasteiger partial charge in [0.15, 0.2) is 0 Å². The number of urea groups is 1. The van der Waals surface area contributed by atoms with Crippen LogP contribution in [-0.2, 0) is 11.3 Å². The summed E-state index contributed by atoms with van der Waals surface area (Å²) < 4.78 is 1.93. The lowest BCUT2D eigenvalue weighted by Gasteiger charge is -2.33. The molecule has 116 valence electrons. The van der Waals surface area contributed by atoms with Crippen molar-refractivity contribution in [2.45, 2.75) is 45.3 Å².